The highest BCUT2D eigenvalue weighted by molar-refractivity contribution is 7.72. The van der Waals surface area contributed by atoms with Crippen molar-refractivity contribution in [3.63, 3.8) is 0 Å². The molecule has 0 aliphatic rings. The molecule has 1 rings (SSSR count). The zero-order valence-electron chi connectivity index (χ0n) is 25.0. The lowest BCUT2D eigenvalue weighted by Gasteiger charge is -2.29. The van der Waals surface area contributed by atoms with E-state index < -0.39 is 62.8 Å². The van der Waals surface area contributed by atoms with E-state index in [-0.39, 0.29) is 19.4 Å². The van der Waals surface area contributed by atoms with Crippen LogP contribution in [0.25, 0.3) is 0 Å². The van der Waals surface area contributed by atoms with Gasteiger partial charge in [0.05, 0.1) is 6.54 Å². The largest absolute Gasteiger partial charge is 0.444 e. The first-order valence-electron chi connectivity index (χ1n) is 13.5. The summed E-state index contributed by atoms with van der Waals surface area (Å²) in [7, 11) is -9.96. The van der Waals surface area contributed by atoms with Gasteiger partial charge in [0.2, 0.25) is 11.8 Å². The Morgan fingerprint density at radius 3 is 1.93 bits per heavy atom. The number of alkyl halides is 2. The number of aliphatic hydroxyl groups is 1. The van der Waals surface area contributed by atoms with E-state index in [1.807, 2.05) is 17.0 Å². The van der Waals surface area contributed by atoms with Gasteiger partial charge in [0.25, 0.3) is 5.08 Å². The summed E-state index contributed by atoms with van der Waals surface area (Å²) in [5.74, 6) is -0.562. The van der Waals surface area contributed by atoms with E-state index in [0.717, 1.165) is 10.6 Å². The number of anilines is 1. The average molecular weight is 707 g/mol. The van der Waals surface area contributed by atoms with Crippen LogP contribution in [0.2, 0.25) is 0 Å². The second-order valence-corrected chi connectivity index (χ2v) is 15.7. The van der Waals surface area contributed by atoms with Crippen LogP contribution in [0.4, 0.5) is 10.5 Å². The van der Waals surface area contributed by atoms with Crippen LogP contribution in [0, 0.1) is 0 Å². The number of nitrogens with one attached hydrogen (secondary N) is 2. The molecule has 0 unspecified atom stereocenters. The smallest absolute Gasteiger partial charge is 0.408 e. The lowest BCUT2D eigenvalue weighted by Crippen LogP contribution is -2.51. The number of hydrogen-bond donors (Lipinski definition) is 7. The number of nitrogens with zero attached hydrogens (tertiary/aromatic N) is 2. The lowest BCUT2D eigenvalue weighted by molar-refractivity contribution is -0.132. The molecule has 0 saturated heterocycles. The molecule has 0 heterocycles. The van der Waals surface area contributed by atoms with Gasteiger partial charge in [0.15, 0.2) is 0 Å². The number of ether oxygens (including phenoxy) is 1. The first-order valence-corrected chi connectivity index (χ1v) is 17.7. The summed E-state index contributed by atoms with van der Waals surface area (Å²) in [6.45, 7) is 5.33. The molecule has 15 nitrogen and oxygen atoms in total. The molecule has 0 aliphatic heterocycles. The third-order valence-electron chi connectivity index (χ3n) is 6.24. The summed E-state index contributed by atoms with van der Waals surface area (Å²) in [6, 6.07) is 6.07. The monoisotopic (exact) mass is 706 g/mol. The van der Waals surface area contributed by atoms with Gasteiger partial charge in [-0.25, -0.2) is 4.79 Å². The summed E-state index contributed by atoms with van der Waals surface area (Å²) < 4.78 is 28.3. The van der Waals surface area contributed by atoms with Crippen molar-refractivity contribution in [3.8, 4) is 0 Å². The van der Waals surface area contributed by atoms with Crippen LogP contribution in [0.3, 0.4) is 0 Å². The number of amides is 3. The molecule has 0 radical (unpaired) electrons. The van der Waals surface area contributed by atoms with E-state index in [2.05, 4.69) is 10.6 Å². The fourth-order valence-corrected chi connectivity index (χ4v) is 6.54. The molecule has 7 N–H and O–H groups in total. The Morgan fingerprint density at radius 2 is 1.48 bits per heavy atom. The third kappa shape index (κ3) is 12.8. The highest BCUT2D eigenvalue weighted by atomic mass is 35.5. The second-order valence-electron chi connectivity index (χ2n) is 10.9. The van der Waals surface area contributed by atoms with Gasteiger partial charge in [0.1, 0.15) is 11.6 Å². The molecule has 1 atom stereocenters. The minimum Gasteiger partial charge on any atom is -0.444 e. The first-order chi connectivity index (χ1) is 20.1. The summed E-state index contributed by atoms with van der Waals surface area (Å²) in [5.41, 5.74) is 0.711. The second kappa shape index (κ2) is 17.1. The highest BCUT2D eigenvalue weighted by Crippen LogP contribution is 2.69. The number of carbonyl (C=O) groups is 3. The fraction of sp³-hybridized carbons (Fsp3) is 0.640. The Hall–Kier alpha value is -1.93. The molecule has 1 aromatic rings. The van der Waals surface area contributed by atoms with Crippen molar-refractivity contribution < 1.29 is 52.9 Å². The van der Waals surface area contributed by atoms with Crippen molar-refractivity contribution in [2.24, 2.45) is 0 Å². The normalized spacial score (nSPS) is 13.2. The summed E-state index contributed by atoms with van der Waals surface area (Å²) in [4.78, 5) is 78.2. The Labute approximate surface area is 266 Å². The van der Waals surface area contributed by atoms with Crippen molar-refractivity contribution >= 4 is 62.0 Å². The van der Waals surface area contributed by atoms with E-state index in [0.29, 0.717) is 30.4 Å². The van der Waals surface area contributed by atoms with Gasteiger partial charge < -0.3 is 49.9 Å². The van der Waals surface area contributed by atoms with Gasteiger partial charge in [-0.05, 0) is 44.9 Å². The van der Waals surface area contributed by atoms with Gasteiger partial charge in [0, 0.05) is 57.0 Å². The Bertz CT molecular complexity index is 1180. The zero-order chi connectivity index (χ0) is 33.9. The van der Waals surface area contributed by atoms with Crippen LogP contribution in [0.5, 0.6) is 0 Å². The molecule has 0 fully saturated rings. The first kappa shape index (κ1) is 40.1. The molecule has 3 amide bonds. The number of hydrogen-bond acceptors (Lipinski definition) is 8. The molecule has 0 bridgehead atoms. The van der Waals surface area contributed by atoms with E-state index >= 15 is 0 Å². The number of carbonyl (C=O) groups excluding carboxylic acids is 3. The SMILES string of the molecule is CN(CCCC(O)(P(=O)(O)O)P(=O)(O)O)C(=O)CNC(=O)[C@H](Cc1ccc(N(CCCl)CCCl)cc1)NC(=O)OC(C)(C)C. The number of halogens is 2. The van der Waals surface area contributed by atoms with Gasteiger partial charge in [-0.1, -0.05) is 12.1 Å². The lowest BCUT2D eigenvalue weighted by atomic mass is 10.0. The Morgan fingerprint density at radius 1 is 0.955 bits per heavy atom. The molecular weight excluding hydrogens is 665 g/mol. The molecule has 1 aromatic carbocycles. The highest BCUT2D eigenvalue weighted by Gasteiger charge is 2.58. The predicted octanol–water partition coefficient (Wildman–Crippen LogP) is 1.76. The maximum atomic E-state index is 13.1. The van der Waals surface area contributed by atoms with Gasteiger partial charge in [-0.15, -0.1) is 23.2 Å². The minimum atomic E-state index is -5.62. The van der Waals surface area contributed by atoms with Gasteiger partial charge >= 0.3 is 21.3 Å². The van der Waals surface area contributed by atoms with Gasteiger partial charge in [-0.3, -0.25) is 18.7 Å². The predicted molar refractivity (Wildman–Crippen MR) is 166 cm³/mol. The van der Waals surface area contributed by atoms with Crippen LogP contribution in [-0.2, 0) is 29.9 Å². The van der Waals surface area contributed by atoms with Crippen molar-refractivity contribution in [2.75, 3.05) is 49.9 Å². The number of likely N-dealkylation sites (N-methyl/N-ethyl adjacent to an activating group) is 1. The maximum absolute atomic E-state index is 13.1. The van der Waals surface area contributed by atoms with Crippen molar-refractivity contribution in [2.45, 2.75) is 56.8 Å². The number of rotatable bonds is 17. The molecule has 0 spiro atoms. The van der Waals surface area contributed by atoms with Crippen LogP contribution < -0.4 is 15.5 Å². The minimum absolute atomic E-state index is 0.0454. The van der Waals surface area contributed by atoms with Crippen molar-refractivity contribution in [1.82, 2.24) is 15.5 Å². The maximum Gasteiger partial charge on any atom is 0.408 e. The van der Waals surface area contributed by atoms with Crippen molar-refractivity contribution in [3.05, 3.63) is 29.8 Å². The molecule has 44 heavy (non-hydrogen) atoms. The summed E-state index contributed by atoms with van der Waals surface area (Å²) in [5, 5.41) is 11.3. The van der Waals surface area contributed by atoms with E-state index in [4.69, 9.17) is 27.9 Å². The number of alkyl carbamates (subject to hydrolysis) is 1. The van der Waals surface area contributed by atoms with E-state index in [1.165, 1.54) is 7.05 Å². The summed E-state index contributed by atoms with van der Waals surface area (Å²) in [6.07, 6.45) is -2.18. The molecule has 0 saturated carbocycles. The van der Waals surface area contributed by atoms with Crippen LogP contribution >= 0.6 is 38.4 Å². The number of benzene rings is 1. The standard InChI is InChI=1S/C25H42Cl2N4O11P2/c1-24(2,3)42-23(34)29-20(16-18-6-8-19(9-7-18)31(14-11-26)15-12-27)22(33)28-17-21(32)30(4)13-5-10-25(35,43(36,37)38)44(39,40)41/h6-9,20,35H,5,10-17H2,1-4H3,(H,28,33)(H,29,34)(H2,36,37,38)(H2,39,40,41)/t20-/m0/s1. The zero-order valence-corrected chi connectivity index (χ0v) is 28.3. The Balaban J connectivity index is 2.93. The average Bonchev–Trinajstić information content (AvgIpc) is 2.89. The van der Waals surface area contributed by atoms with Crippen LogP contribution in [0.1, 0.15) is 39.2 Å². The topological polar surface area (TPSA) is 226 Å². The van der Waals surface area contributed by atoms with Crippen LogP contribution in [-0.4, -0.2) is 109 Å². The molecule has 252 valence electrons. The molecule has 19 heteroatoms. The van der Waals surface area contributed by atoms with E-state index in [1.54, 1.807) is 32.9 Å². The van der Waals surface area contributed by atoms with Gasteiger partial charge in [-0.2, -0.15) is 0 Å². The molecule has 0 aliphatic carbocycles. The fourth-order valence-electron chi connectivity index (χ4n) is 3.87. The van der Waals surface area contributed by atoms with E-state index in [9.17, 15) is 48.2 Å². The van der Waals surface area contributed by atoms with Crippen LogP contribution in [0.15, 0.2) is 24.3 Å². The Kier molecular flexibility index (Phi) is 15.6. The third-order valence-corrected chi connectivity index (χ3v) is 10.5. The molecular formula is C25H42Cl2N4O11P2. The van der Waals surface area contributed by atoms with Crippen molar-refractivity contribution in [1.29, 1.82) is 0 Å². The quantitative estimate of drug-likeness (QED) is 0.0909. The molecule has 0 aromatic heterocycles. The summed E-state index contributed by atoms with van der Waals surface area (Å²) >= 11 is 11.8.